The number of fused-ring (bicyclic) bond motifs is 3. The van der Waals surface area contributed by atoms with Gasteiger partial charge >= 0.3 is 11.3 Å². The maximum atomic E-state index is 13.4. The number of hydrogen-bond acceptors (Lipinski definition) is 5. The molecular formula is C16H10F3N5O2S. The van der Waals surface area contributed by atoms with Crippen LogP contribution in [-0.2, 0) is 17.4 Å². The van der Waals surface area contributed by atoms with Crippen molar-refractivity contribution in [1.82, 2.24) is 23.9 Å². The summed E-state index contributed by atoms with van der Waals surface area (Å²) in [6, 6.07) is 4.74. The lowest BCUT2D eigenvalue weighted by Crippen LogP contribution is -2.25. The molecule has 0 bridgehead atoms. The highest BCUT2D eigenvalue weighted by Crippen LogP contribution is 2.33. The molecule has 3 aromatic heterocycles. The first-order valence-electron chi connectivity index (χ1n) is 7.54. The molecule has 0 amide bonds. The molecule has 4 aromatic rings. The van der Waals surface area contributed by atoms with Crippen molar-refractivity contribution in [3.63, 3.8) is 0 Å². The van der Waals surface area contributed by atoms with Crippen molar-refractivity contribution >= 4 is 28.0 Å². The Balaban J connectivity index is 2.15. The first kappa shape index (κ1) is 17.5. The number of halogens is 3. The predicted molar refractivity (Wildman–Crippen MR) is 91.2 cm³/mol. The molecule has 1 unspecified atom stereocenters. The fourth-order valence-electron chi connectivity index (χ4n) is 2.79. The summed E-state index contributed by atoms with van der Waals surface area (Å²) in [5, 5.41) is -0.0166. The second-order valence-electron chi connectivity index (χ2n) is 5.60. The molecular weight excluding hydrogens is 383 g/mol. The normalized spacial score (nSPS) is 13.4. The minimum absolute atomic E-state index is 0.00495. The summed E-state index contributed by atoms with van der Waals surface area (Å²) in [4.78, 5) is 25.0. The van der Waals surface area contributed by atoms with E-state index >= 15 is 0 Å². The zero-order valence-electron chi connectivity index (χ0n) is 13.6. The van der Waals surface area contributed by atoms with Gasteiger partial charge in [-0.15, -0.1) is 0 Å². The zero-order chi connectivity index (χ0) is 19.3. The standard InChI is InChI=1S/C16H10F3N5O2S/c1-27(26)14-21-8-9-12(22-14)23-7-6-20-15(23)24(13(9)25)11-5-3-2-4-10(11)16(17,18)19/h2-8H,1H3. The van der Waals surface area contributed by atoms with Crippen LogP contribution in [0.15, 0.2) is 52.8 Å². The SMILES string of the molecule is C[S+]([O-])c1ncc2c(=O)n(-c3ccccc3C(F)(F)F)c3nccn3c2n1. The van der Waals surface area contributed by atoms with Gasteiger partial charge in [-0.3, -0.25) is 9.20 Å². The third kappa shape index (κ3) is 2.75. The number of aromatic nitrogens is 5. The zero-order valence-corrected chi connectivity index (χ0v) is 14.5. The van der Waals surface area contributed by atoms with Gasteiger partial charge in [0.2, 0.25) is 5.78 Å². The highest BCUT2D eigenvalue weighted by molar-refractivity contribution is 7.90. The van der Waals surface area contributed by atoms with Crippen LogP contribution in [0.5, 0.6) is 0 Å². The van der Waals surface area contributed by atoms with E-state index < -0.39 is 28.5 Å². The van der Waals surface area contributed by atoms with Crippen LogP contribution in [0.4, 0.5) is 13.2 Å². The van der Waals surface area contributed by atoms with Crippen LogP contribution in [0.3, 0.4) is 0 Å². The summed E-state index contributed by atoms with van der Waals surface area (Å²) in [7, 11) is 0. The second-order valence-corrected chi connectivity index (χ2v) is 6.87. The molecule has 1 atom stereocenters. The molecule has 0 N–H and O–H groups in total. The number of nitrogens with zero attached hydrogens (tertiary/aromatic N) is 5. The summed E-state index contributed by atoms with van der Waals surface area (Å²) in [5.41, 5.74) is -1.96. The van der Waals surface area contributed by atoms with Gasteiger partial charge in [0, 0.05) is 23.6 Å². The topological polar surface area (TPSA) is 88.1 Å². The van der Waals surface area contributed by atoms with Crippen LogP contribution in [0.25, 0.3) is 22.5 Å². The summed E-state index contributed by atoms with van der Waals surface area (Å²) in [6.07, 6.45) is 0.680. The largest absolute Gasteiger partial charge is 0.609 e. The van der Waals surface area contributed by atoms with Gasteiger partial charge in [0.1, 0.15) is 11.6 Å². The average Bonchev–Trinajstić information content (AvgIpc) is 3.10. The molecule has 0 aliphatic rings. The molecule has 0 aliphatic carbocycles. The lowest BCUT2D eigenvalue weighted by atomic mass is 10.1. The average molecular weight is 393 g/mol. The van der Waals surface area contributed by atoms with Crippen molar-refractivity contribution in [1.29, 1.82) is 0 Å². The number of para-hydroxylation sites is 1. The van der Waals surface area contributed by atoms with Gasteiger partial charge in [0.05, 0.1) is 17.4 Å². The van der Waals surface area contributed by atoms with E-state index in [-0.39, 0.29) is 27.7 Å². The maximum absolute atomic E-state index is 13.4. The van der Waals surface area contributed by atoms with E-state index in [1.54, 1.807) is 0 Å². The van der Waals surface area contributed by atoms with Gasteiger partial charge in [-0.25, -0.2) is 9.55 Å². The van der Waals surface area contributed by atoms with E-state index in [4.69, 9.17) is 0 Å². The minimum Gasteiger partial charge on any atom is -0.609 e. The quantitative estimate of drug-likeness (QED) is 0.385. The van der Waals surface area contributed by atoms with E-state index in [0.29, 0.717) is 0 Å². The van der Waals surface area contributed by atoms with E-state index in [9.17, 15) is 22.5 Å². The van der Waals surface area contributed by atoms with Crippen molar-refractivity contribution in [2.24, 2.45) is 0 Å². The fourth-order valence-corrected chi connectivity index (χ4v) is 3.21. The monoisotopic (exact) mass is 393 g/mol. The Hall–Kier alpha value is -2.92. The number of imidazole rings is 1. The molecule has 0 saturated heterocycles. The van der Waals surface area contributed by atoms with Crippen molar-refractivity contribution in [2.75, 3.05) is 6.26 Å². The van der Waals surface area contributed by atoms with Crippen LogP contribution in [0, 0.1) is 0 Å². The van der Waals surface area contributed by atoms with Crippen LogP contribution >= 0.6 is 0 Å². The van der Waals surface area contributed by atoms with E-state index in [0.717, 1.165) is 16.8 Å². The van der Waals surface area contributed by atoms with Gasteiger partial charge < -0.3 is 4.55 Å². The Labute approximate surface area is 152 Å². The van der Waals surface area contributed by atoms with Crippen molar-refractivity contribution in [2.45, 2.75) is 11.3 Å². The molecule has 3 heterocycles. The molecule has 1 aromatic carbocycles. The smallest absolute Gasteiger partial charge is 0.418 e. The van der Waals surface area contributed by atoms with Crippen LogP contribution < -0.4 is 5.56 Å². The third-order valence-corrected chi connectivity index (χ3v) is 4.65. The number of alkyl halides is 3. The molecule has 4 rings (SSSR count). The fraction of sp³-hybridized carbons (Fsp3) is 0.125. The Bertz CT molecular complexity index is 1230. The second kappa shape index (κ2) is 6.06. The van der Waals surface area contributed by atoms with Crippen LogP contribution in [0.1, 0.15) is 5.56 Å². The summed E-state index contributed by atoms with van der Waals surface area (Å²) < 4.78 is 54.2. The Morgan fingerprint density at radius 2 is 1.93 bits per heavy atom. The minimum atomic E-state index is -4.66. The number of benzene rings is 1. The highest BCUT2D eigenvalue weighted by atomic mass is 32.2. The predicted octanol–water partition coefficient (Wildman–Crippen LogP) is 2.18. The van der Waals surface area contributed by atoms with E-state index in [1.165, 1.54) is 41.2 Å². The van der Waals surface area contributed by atoms with Crippen LogP contribution in [-0.4, -0.2) is 34.7 Å². The molecule has 11 heteroatoms. The number of hydrogen-bond donors (Lipinski definition) is 0. The van der Waals surface area contributed by atoms with E-state index in [1.807, 2.05) is 0 Å². The molecule has 138 valence electrons. The molecule has 0 saturated carbocycles. The number of rotatable bonds is 2. The Morgan fingerprint density at radius 3 is 2.63 bits per heavy atom. The molecule has 7 nitrogen and oxygen atoms in total. The van der Waals surface area contributed by atoms with Crippen LogP contribution in [0.2, 0.25) is 0 Å². The lowest BCUT2D eigenvalue weighted by molar-refractivity contribution is -0.137. The van der Waals surface area contributed by atoms with E-state index in [2.05, 4.69) is 15.0 Å². The Kier molecular flexibility index (Phi) is 3.93. The van der Waals surface area contributed by atoms with Gasteiger partial charge in [-0.1, -0.05) is 12.1 Å². The first-order valence-corrected chi connectivity index (χ1v) is 9.09. The van der Waals surface area contributed by atoms with Gasteiger partial charge in [0.25, 0.3) is 5.56 Å². The highest BCUT2D eigenvalue weighted by Gasteiger charge is 2.34. The van der Waals surface area contributed by atoms with Gasteiger partial charge in [-0.2, -0.15) is 23.1 Å². The molecule has 27 heavy (non-hydrogen) atoms. The maximum Gasteiger partial charge on any atom is 0.418 e. The van der Waals surface area contributed by atoms with Crippen molar-refractivity contribution in [3.05, 3.63) is 58.8 Å². The lowest BCUT2D eigenvalue weighted by Gasteiger charge is -2.16. The summed E-state index contributed by atoms with van der Waals surface area (Å²) in [6.45, 7) is 0. The molecule has 0 radical (unpaired) electrons. The summed E-state index contributed by atoms with van der Waals surface area (Å²) >= 11 is -1.49. The van der Waals surface area contributed by atoms with Gasteiger partial charge in [0.15, 0.2) is 5.65 Å². The molecule has 0 spiro atoms. The first-order chi connectivity index (χ1) is 12.8. The Morgan fingerprint density at radius 1 is 1.19 bits per heavy atom. The molecule has 0 fully saturated rings. The van der Waals surface area contributed by atoms with Crippen molar-refractivity contribution in [3.8, 4) is 5.69 Å². The molecule has 0 aliphatic heterocycles. The third-order valence-electron chi connectivity index (χ3n) is 3.94. The summed E-state index contributed by atoms with van der Waals surface area (Å²) in [5.74, 6) is -0.0456. The van der Waals surface area contributed by atoms with Gasteiger partial charge in [-0.05, 0) is 12.1 Å². The van der Waals surface area contributed by atoms with Crippen molar-refractivity contribution < 1.29 is 17.7 Å².